The van der Waals surface area contributed by atoms with E-state index in [0.717, 1.165) is 32.5 Å². The molecule has 0 saturated carbocycles. The van der Waals surface area contributed by atoms with E-state index in [9.17, 15) is 4.39 Å². The summed E-state index contributed by atoms with van der Waals surface area (Å²) in [6, 6.07) is 0. The Labute approximate surface area is 67.6 Å². The molecule has 1 rings (SSSR count). The van der Waals surface area contributed by atoms with E-state index in [1.54, 1.807) is 0 Å². The maximum Gasteiger partial charge on any atom is 0.109 e. The Bertz CT molecular complexity index is 129. The second kappa shape index (κ2) is 3.50. The van der Waals surface area contributed by atoms with E-state index in [1.165, 1.54) is 0 Å². The second-order valence-corrected chi connectivity index (χ2v) is 3.47. The standard InChI is InChI=1S/C8H17FN2/c1-2-11-5-3-4-8(10,6-9)7-11/h2-7,10H2,1H3. The van der Waals surface area contributed by atoms with Gasteiger partial charge in [0.05, 0.1) is 5.54 Å². The first-order valence-electron chi connectivity index (χ1n) is 4.27. The van der Waals surface area contributed by atoms with Gasteiger partial charge in [-0.3, -0.25) is 0 Å². The average Bonchev–Trinajstić information content (AvgIpc) is 2.05. The Morgan fingerprint density at radius 2 is 2.36 bits per heavy atom. The topological polar surface area (TPSA) is 29.3 Å². The van der Waals surface area contributed by atoms with Gasteiger partial charge in [-0.25, -0.2) is 4.39 Å². The number of alkyl halides is 1. The quantitative estimate of drug-likeness (QED) is 0.646. The van der Waals surface area contributed by atoms with E-state index in [1.807, 2.05) is 0 Å². The highest BCUT2D eigenvalue weighted by Crippen LogP contribution is 2.18. The number of likely N-dealkylation sites (tertiary alicyclic amines) is 1. The van der Waals surface area contributed by atoms with E-state index in [2.05, 4.69) is 11.8 Å². The van der Waals surface area contributed by atoms with Crippen LogP contribution in [-0.2, 0) is 0 Å². The predicted molar refractivity (Wildman–Crippen MR) is 44.2 cm³/mol. The number of halogens is 1. The summed E-state index contributed by atoms with van der Waals surface area (Å²) in [7, 11) is 0. The van der Waals surface area contributed by atoms with Gasteiger partial charge in [-0.2, -0.15) is 0 Å². The van der Waals surface area contributed by atoms with Gasteiger partial charge in [-0.15, -0.1) is 0 Å². The third kappa shape index (κ3) is 2.14. The molecule has 1 aliphatic rings. The number of hydrogen-bond acceptors (Lipinski definition) is 2. The number of hydrogen-bond donors (Lipinski definition) is 1. The molecule has 0 aromatic rings. The smallest absolute Gasteiger partial charge is 0.109 e. The molecule has 0 aromatic carbocycles. The van der Waals surface area contributed by atoms with Crippen molar-refractivity contribution in [2.24, 2.45) is 5.73 Å². The first-order valence-corrected chi connectivity index (χ1v) is 4.27. The number of nitrogens with two attached hydrogens (primary N) is 1. The van der Waals surface area contributed by atoms with Gasteiger partial charge in [-0.05, 0) is 25.9 Å². The highest BCUT2D eigenvalue weighted by Gasteiger charge is 2.30. The molecule has 0 aromatic heterocycles. The van der Waals surface area contributed by atoms with E-state index >= 15 is 0 Å². The van der Waals surface area contributed by atoms with Crippen LogP contribution in [0.5, 0.6) is 0 Å². The van der Waals surface area contributed by atoms with Gasteiger partial charge in [0.25, 0.3) is 0 Å². The van der Waals surface area contributed by atoms with E-state index in [0.29, 0.717) is 0 Å². The van der Waals surface area contributed by atoms with Gasteiger partial charge in [0.1, 0.15) is 6.67 Å². The third-order valence-electron chi connectivity index (χ3n) is 2.40. The minimum atomic E-state index is -0.547. The van der Waals surface area contributed by atoms with Crippen LogP contribution in [0.15, 0.2) is 0 Å². The van der Waals surface area contributed by atoms with Gasteiger partial charge in [0.2, 0.25) is 0 Å². The molecule has 0 amide bonds. The van der Waals surface area contributed by atoms with Crippen molar-refractivity contribution in [3.05, 3.63) is 0 Å². The molecule has 1 atom stereocenters. The van der Waals surface area contributed by atoms with Crippen molar-refractivity contribution >= 4 is 0 Å². The fourth-order valence-electron chi connectivity index (χ4n) is 1.64. The third-order valence-corrected chi connectivity index (χ3v) is 2.40. The molecule has 1 unspecified atom stereocenters. The Kier molecular flexibility index (Phi) is 2.84. The van der Waals surface area contributed by atoms with Crippen LogP contribution in [0.2, 0.25) is 0 Å². The van der Waals surface area contributed by atoms with Crippen molar-refractivity contribution in [3.8, 4) is 0 Å². The summed E-state index contributed by atoms with van der Waals surface area (Å²) in [6.07, 6.45) is 1.87. The lowest BCUT2D eigenvalue weighted by Crippen LogP contribution is -2.55. The molecule has 1 aliphatic heterocycles. The lowest BCUT2D eigenvalue weighted by molar-refractivity contribution is 0.132. The monoisotopic (exact) mass is 160 g/mol. The van der Waals surface area contributed by atoms with Crippen LogP contribution in [-0.4, -0.2) is 36.7 Å². The molecule has 66 valence electrons. The molecule has 0 spiro atoms. The first kappa shape index (κ1) is 8.94. The normalized spacial score (nSPS) is 34.1. The summed E-state index contributed by atoms with van der Waals surface area (Å²) in [5, 5.41) is 0. The summed E-state index contributed by atoms with van der Waals surface area (Å²) < 4.78 is 12.4. The van der Waals surface area contributed by atoms with E-state index in [4.69, 9.17) is 5.73 Å². The van der Waals surface area contributed by atoms with Crippen LogP contribution in [0.3, 0.4) is 0 Å². The molecular weight excluding hydrogens is 143 g/mol. The van der Waals surface area contributed by atoms with Crippen LogP contribution in [0.4, 0.5) is 4.39 Å². The van der Waals surface area contributed by atoms with Gasteiger partial charge in [0, 0.05) is 6.54 Å². The largest absolute Gasteiger partial charge is 0.322 e. The molecule has 0 radical (unpaired) electrons. The lowest BCUT2D eigenvalue weighted by atomic mass is 9.92. The van der Waals surface area contributed by atoms with Crippen molar-refractivity contribution in [2.75, 3.05) is 26.3 Å². The van der Waals surface area contributed by atoms with Crippen LogP contribution in [0, 0.1) is 0 Å². The van der Waals surface area contributed by atoms with Crippen LogP contribution < -0.4 is 5.73 Å². The van der Waals surface area contributed by atoms with Crippen LogP contribution in [0.1, 0.15) is 19.8 Å². The van der Waals surface area contributed by atoms with E-state index in [-0.39, 0.29) is 6.67 Å². The van der Waals surface area contributed by atoms with Crippen LogP contribution in [0.25, 0.3) is 0 Å². The predicted octanol–water partition coefficient (Wildman–Crippen LogP) is 0.769. The summed E-state index contributed by atoms with van der Waals surface area (Å²) in [5.41, 5.74) is 5.26. The fraction of sp³-hybridized carbons (Fsp3) is 1.00. The molecule has 1 saturated heterocycles. The molecule has 11 heavy (non-hydrogen) atoms. The van der Waals surface area contributed by atoms with Gasteiger partial charge >= 0.3 is 0 Å². The van der Waals surface area contributed by atoms with Gasteiger partial charge in [-0.1, -0.05) is 6.92 Å². The zero-order chi connectivity index (χ0) is 8.32. The molecule has 2 nitrogen and oxygen atoms in total. The average molecular weight is 160 g/mol. The van der Waals surface area contributed by atoms with Gasteiger partial charge in [0.15, 0.2) is 0 Å². The number of likely N-dealkylation sites (N-methyl/N-ethyl adjacent to an activating group) is 1. The highest BCUT2D eigenvalue weighted by molar-refractivity contribution is 4.90. The Morgan fingerprint density at radius 3 is 2.91 bits per heavy atom. The molecule has 3 heteroatoms. The molecule has 1 heterocycles. The number of nitrogens with zero attached hydrogens (tertiary/aromatic N) is 1. The van der Waals surface area contributed by atoms with Gasteiger partial charge < -0.3 is 10.6 Å². The summed E-state index contributed by atoms with van der Waals surface area (Å²) >= 11 is 0. The maximum atomic E-state index is 12.4. The number of piperidine rings is 1. The molecule has 0 bridgehead atoms. The van der Waals surface area contributed by atoms with Crippen molar-refractivity contribution in [1.29, 1.82) is 0 Å². The van der Waals surface area contributed by atoms with E-state index < -0.39 is 5.54 Å². The lowest BCUT2D eigenvalue weighted by Gasteiger charge is -2.37. The summed E-state index contributed by atoms with van der Waals surface area (Å²) in [6.45, 7) is 4.49. The van der Waals surface area contributed by atoms with Crippen molar-refractivity contribution in [3.63, 3.8) is 0 Å². The first-order chi connectivity index (χ1) is 5.20. The minimum Gasteiger partial charge on any atom is -0.322 e. The Morgan fingerprint density at radius 1 is 1.64 bits per heavy atom. The molecular formula is C8H17FN2. The zero-order valence-electron chi connectivity index (χ0n) is 7.15. The van der Waals surface area contributed by atoms with Crippen molar-refractivity contribution in [1.82, 2.24) is 4.90 Å². The summed E-state index contributed by atoms with van der Waals surface area (Å²) in [5.74, 6) is 0. The second-order valence-electron chi connectivity index (χ2n) is 3.47. The van der Waals surface area contributed by atoms with Crippen molar-refractivity contribution < 1.29 is 4.39 Å². The summed E-state index contributed by atoms with van der Waals surface area (Å²) in [4.78, 5) is 2.21. The minimum absolute atomic E-state index is 0.385. The molecule has 2 N–H and O–H groups in total. The van der Waals surface area contributed by atoms with Crippen LogP contribution >= 0.6 is 0 Å². The highest BCUT2D eigenvalue weighted by atomic mass is 19.1. The SMILES string of the molecule is CCN1CCCC(N)(CF)C1. The Balaban J connectivity index is 2.44. The fourth-order valence-corrected chi connectivity index (χ4v) is 1.64. The maximum absolute atomic E-state index is 12.4. The zero-order valence-corrected chi connectivity index (χ0v) is 7.15. The molecule has 1 fully saturated rings. The molecule has 0 aliphatic carbocycles. The van der Waals surface area contributed by atoms with Crippen molar-refractivity contribution in [2.45, 2.75) is 25.3 Å². The Hall–Kier alpha value is -0.150. The number of rotatable bonds is 2.